The lowest BCUT2D eigenvalue weighted by atomic mass is 10.1. The molecule has 0 bridgehead atoms. The van der Waals surface area contributed by atoms with E-state index < -0.39 is 12.0 Å². The Morgan fingerprint density at radius 1 is 1.43 bits per heavy atom. The predicted molar refractivity (Wildman–Crippen MR) is 89.7 cm³/mol. The van der Waals surface area contributed by atoms with Crippen molar-refractivity contribution in [3.05, 3.63) is 29.3 Å². The van der Waals surface area contributed by atoms with Crippen LogP contribution >= 0.6 is 11.6 Å². The van der Waals surface area contributed by atoms with Gasteiger partial charge >= 0.3 is 0 Å². The molecule has 1 aromatic carbocycles. The summed E-state index contributed by atoms with van der Waals surface area (Å²) >= 11 is 5.79. The van der Waals surface area contributed by atoms with Crippen LogP contribution in [0.2, 0.25) is 0 Å². The molecule has 1 amide bonds. The van der Waals surface area contributed by atoms with E-state index in [0.717, 1.165) is 31.5 Å². The van der Waals surface area contributed by atoms with Crippen molar-refractivity contribution in [1.29, 1.82) is 0 Å². The number of primary amides is 1. The van der Waals surface area contributed by atoms with Gasteiger partial charge < -0.3 is 26.2 Å². The monoisotopic (exact) mass is 341 g/mol. The zero-order chi connectivity index (χ0) is 16.8. The lowest BCUT2D eigenvalue weighted by Gasteiger charge is -2.33. The molecule has 1 fully saturated rings. The summed E-state index contributed by atoms with van der Waals surface area (Å²) in [6, 6.07) is 5.27. The van der Waals surface area contributed by atoms with Crippen LogP contribution < -0.4 is 16.2 Å². The van der Waals surface area contributed by atoms with Gasteiger partial charge in [0.05, 0.1) is 11.7 Å². The largest absolute Gasteiger partial charge is 0.489 e. The van der Waals surface area contributed by atoms with Gasteiger partial charge in [0.2, 0.25) is 0 Å². The van der Waals surface area contributed by atoms with Gasteiger partial charge in [0.1, 0.15) is 11.9 Å². The third kappa shape index (κ3) is 5.07. The molecule has 1 unspecified atom stereocenters. The first-order valence-corrected chi connectivity index (χ1v) is 8.32. The second-order valence-electron chi connectivity index (χ2n) is 5.84. The van der Waals surface area contributed by atoms with Gasteiger partial charge in [-0.2, -0.15) is 0 Å². The van der Waals surface area contributed by atoms with Crippen molar-refractivity contribution in [3.63, 3.8) is 0 Å². The summed E-state index contributed by atoms with van der Waals surface area (Å²) in [6.45, 7) is 2.51. The van der Waals surface area contributed by atoms with Gasteiger partial charge in [-0.3, -0.25) is 4.79 Å². The van der Waals surface area contributed by atoms with Crippen LogP contribution in [-0.4, -0.2) is 54.3 Å². The summed E-state index contributed by atoms with van der Waals surface area (Å²) in [4.78, 5) is 13.8. The number of ether oxygens (including phenoxy) is 1. The van der Waals surface area contributed by atoms with Crippen molar-refractivity contribution in [1.82, 2.24) is 4.90 Å². The smallest absolute Gasteiger partial charge is 0.252 e. The molecule has 0 aromatic heterocycles. The van der Waals surface area contributed by atoms with E-state index in [0.29, 0.717) is 23.7 Å². The van der Waals surface area contributed by atoms with Gasteiger partial charge in [0.25, 0.3) is 5.91 Å². The number of carbonyl (C=O) groups excluding carboxylic acids is 1. The van der Waals surface area contributed by atoms with Crippen LogP contribution in [0.4, 0.5) is 0 Å². The van der Waals surface area contributed by atoms with Gasteiger partial charge in [-0.25, -0.2) is 0 Å². The van der Waals surface area contributed by atoms with Crippen molar-refractivity contribution in [2.45, 2.75) is 30.9 Å². The van der Waals surface area contributed by atoms with Crippen LogP contribution in [0.1, 0.15) is 28.8 Å². The maximum absolute atomic E-state index is 11.6. The van der Waals surface area contributed by atoms with E-state index in [2.05, 4.69) is 4.90 Å². The molecule has 2 rings (SSSR count). The van der Waals surface area contributed by atoms with E-state index in [4.69, 9.17) is 27.8 Å². The molecule has 7 heteroatoms. The van der Waals surface area contributed by atoms with Crippen LogP contribution in [0.15, 0.2) is 18.2 Å². The lowest BCUT2D eigenvalue weighted by Crippen LogP contribution is -2.43. The number of hydrogen-bond acceptors (Lipinski definition) is 5. The number of β-amino-alcohol motifs (C(OH)–C–C–N with tert-alkyl or cyclic N) is 1. The maximum atomic E-state index is 11.6. The Hall–Kier alpha value is -1.34. The Kier molecular flexibility index (Phi) is 6.65. The number of rotatable bonds is 7. The summed E-state index contributed by atoms with van der Waals surface area (Å²) in [6.07, 6.45) is 1.19. The lowest BCUT2D eigenvalue weighted by molar-refractivity contribution is 0.0634. The topological polar surface area (TPSA) is 102 Å². The highest BCUT2D eigenvalue weighted by molar-refractivity contribution is 6.17. The Bertz CT molecular complexity index is 533. The number of hydrogen-bond donors (Lipinski definition) is 3. The van der Waals surface area contributed by atoms with Crippen LogP contribution in [0.5, 0.6) is 5.75 Å². The third-order valence-corrected chi connectivity index (χ3v) is 4.34. The van der Waals surface area contributed by atoms with E-state index in [1.54, 1.807) is 12.1 Å². The van der Waals surface area contributed by atoms with E-state index in [1.807, 2.05) is 6.07 Å². The van der Waals surface area contributed by atoms with Crippen molar-refractivity contribution >= 4 is 17.5 Å². The molecular weight excluding hydrogens is 318 g/mol. The van der Waals surface area contributed by atoms with Gasteiger partial charge in [0, 0.05) is 32.1 Å². The number of aliphatic hydroxyl groups is 1. The Morgan fingerprint density at radius 2 is 2.13 bits per heavy atom. The number of nitrogens with two attached hydrogens (primary N) is 2. The second kappa shape index (κ2) is 8.49. The molecular formula is C16H24ClN3O3. The molecule has 1 aliphatic rings. The van der Waals surface area contributed by atoms with Crippen molar-refractivity contribution in [2.24, 2.45) is 11.5 Å². The standard InChI is InChI=1S/C16H24ClN3O3/c17-8-11-1-2-15(14(7-11)16(19)22)23-13-3-5-20(6-4-13)10-12(21)9-18/h1-2,7,12-13,21H,3-6,8-10,18H2,(H2,19,22). The summed E-state index contributed by atoms with van der Waals surface area (Å²) in [5.74, 6) is 0.310. The summed E-state index contributed by atoms with van der Waals surface area (Å²) in [5.41, 5.74) is 12.1. The summed E-state index contributed by atoms with van der Waals surface area (Å²) < 4.78 is 5.97. The van der Waals surface area contributed by atoms with Crippen molar-refractivity contribution < 1.29 is 14.6 Å². The van der Waals surface area contributed by atoms with E-state index in [9.17, 15) is 9.90 Å². The number of piperidine rings is 1. The van der Waals surface area contributed by atoms with E-state index in [-0.39, 0.29) is 12.6 Å². The average Bonchev–Trinajstić information content (AvgIpc) is 2.56. The highest BCUT2D eigenvalue weighted by Gasteiger charge is 2.23. The zero-order valence-electron chi connectivity index (χ0n) is 13.1. The van der Waals surface area contributed by atoms with E-state index in [1.165, 1.54) is 0 Å². The second-order valence-corrected chi connectivity index (χ2v) is 6.10. The molecule has 0 radical (unpaired) electrons. The number of alkyl halides is 1. The molecule has 6 nitrogen and oxygen atoms in total. The fourth-order valence-corrected chi connectivity index (χ4v) is 2.88. The maximum Gasteiger partial charge on any atom is 0.252 e. The van der Waals surface area contributed by atoms with Crippen molar-refractivity contribution in [3.8, 4) is 5.75 Å². The number of aliphatic hydroxyl groups excluding tert-OH is 1. The molecule has 1 heterocycles. The van der Waals surface area contributed by atoms with Crippen LogP contribution in [-0.2, 0) is 5.88 Å². The minimum atomic E-state index is -0.518. The van der Waals surface area contributed by atoms with Gasteiger partial charge in [-0.15, -0.1) is 11.6 Å². The third-order valence-electron chi connectivity index (χ3n) is 4.03. The molecule has 1 aliphatic heterocycles. The Balaban J connectivity index is 1.95. The number of nitrogens with zero attached hydrogens (tertiary/aromatic N) is 1. The normalized spacial score (nSPS) is 17.9. The first-order chi connectivity index (χ1) is 11.0. The SMILES string of the molecule is NCC(O)CN1CCC(Oc2ccc(CCl)cc2C(N)=O)CC1. The molecule has 5 N–H and O–H groups in total. The molecule has 0 saturated carbocycles. The molecule has 23 heavy (non-hydrogen) atoms. The highest BCUT2D eigenvalue weighted by Crippen LogP contribution is 2.25. The molecule has 128 valence electrons. The molecule has 0 spiro atoms. The quantitative estimate of drug-likeness (QED) is 0.633. The molecule has 0 aliphatic carbocycles. The minimum Gasteiger partial charge on any atom is -0.489 e. The summed E-state index contributed by atoms with van der Waals surface area (Å²) in [7, 11) is 0. The number of likely N-dealkylation sites (tertiary alicyclic amines) is 1. The number of carbonyl (C=O) groups is 1. The van der Waals surface area contributed by atoms with Crippen LogP contribution in [0, 0.1) is 0 Å². The highest BCUT2D eigenvalue weighted by atomic mass is 35.5. The average molecular weight is 342 g/mol. The first-order valence-electron chi connectivity index (χ1n) is 7.79. The van der Waals surface area contributed by atoms with Crippen LogP contribution in [0.3, 0.4) is 0 Å². The van der Waals surface area contributed by atoms with Crippen molar-refractivity contribution in [2.75, 3.05) is 26.2 Å². The zero-order valence-corrected chi connectivity index (χ0v) is 13.8. The summed E-state index contributed by atoms with van der Waals surface area (Å²) in [5, 5.41) is 9.60. The fourth-order valence-electron chi connectivity index (χ4n) is 2.72. The molecule has 1 aromatic rings. The van der Waals surface area contributed by atoms with E-state index >= 15 is 0 Å². The number of amides is 1. The molecule has 1 saturated heterocycles. The van der Waals surface area contributed by atoms with Gasteiger partial charge in [0.15, 0.2) is 0 Å². The number of halogens is 1. The molecule has 1 atom stereocenters. The fraction of sp³-hybridized carbons (Fsp3) is 0.562. The Morgan fingerprint density at radius 3 is 2.70 bits per heavy atom. The number of benzene rings is 1. The minimum absolute atomic E-state index is 0.0289. The first kappa shape index (κ1) is 18.0. The predicted octanol–water partition coefficient (Wildman–Crippen LogP) is 0.687. The van der Waals surface area contributed by atoms with Crippen LogP contribution in [0.25, 0.3) is 0 Å². The van der Waals surface area contributed by atoms with Gasteiger partial charge in [-0.05, 0) is 30.5 Å². The Labute approximate surface area is 141 Å². The van der Waals surface area contributed by atoms with Gasteiger partial charge in [-0.1, -0.05) is 6.07 Å².